The Kier molecular flexibility index (Phi) is 3.37. The quantitative estimate of drug-likeness (QED) is 0.892. The van der Waals surface area contributed by atoms with E-state index >= 15 is 0 Å². The van der Waals surface area contributed by atoms with Crippen LogP contribution >= 0.6 is 0 Å². The summed E-state index contributed by atoms with van der Waals surface area (Å²) in [5, 5.41) is 4.40. The van der Waals surface area contributed by atoms with E-state index in [0.717, 1.165) is 36.3 Å². The zero-order chi connectivity index (χ0) is 12.2. The van der Waals surface area contributed by atoms with Crippen LogP contribution < -0.4 is 10.1 Å². The van der Waals surface area contributed by atoms with Crippen LogP contribution in [0, 0.1) is 5.92 Å². The Morgan fingerprint density at radius 3 is 3.17 bits per heavy atom. The molecule has 1 saturated heterocycles. The first-order valence-electron chi connectivity index (χ1n) is 6.47. The predicted molar refractivity (Wildman–Crippen MR) is 70.6 cm³/mol. The van der Waals surface area contributed by atoms with Gasteiger partial charge in [0.25, 0.3) is 0 Å². The van der Waals surface area contributed by atoms with Crippen molar-refractivity contribution in [2.75, 3.05) is 19.7 Å². The van der Waals surface area contributed by atoms with Gasteiger partial charge in [0.2, 0.25) is 0 Å². The second-order valence-corrected chi connectivity index (χ2v) is 4.71. The van der Waals surface area contributed by atoms with Crippen LogP contribution in [-0.4, -0.2) is 29.7 Å². The third kappa shape index (κ3) is 2.59. The molecule has 0 saturated carbocycles. The van der Waals surface area contributed by atoms with E-state index in [1.54, 1.807) is 0 Å². The van der Waals surface area contributed by atoms with Gasteiger partial charge in [-0.05, 0) is 37.9 Å². The van der Waals surface area contributed by atoms with E-state index < -0.39 is 0 Å². The molecular weight excluding hydrogens is 226 g/mol. The summed E-state index contributed by atoms with van der Waals surface area (Å²) in [5.41, 5.74) is 0.935. The fourth-order valence-electron chi connectivity index (χ4n) is 2.30. The maximum Gasteiger partial charge on any atom is 0.316 e. The van der Waals surface area contributed by atoms with Crippen molar-refractivity contribution >= 4 is 10.9 Å². The van der Waals surface area contributed by atoms with E-state index in [4.69, 9.17) is 4.74 Å². The number of para-hydroxylation sites is 1. The lowest BCUT2D eigenvalue weighted by Gasteiger charge is -2.08. The number of nitrogens with zero attached hydrogens (tertiary/aromatic N) is 2. The first kappa shape index (κ1) is 11.4. The van der Waals surface area contributed by atoms with Gasteiger partial charge < -0.3 is 10.1 Å². The fraction of sp³-hybridized carbons (Fsp3) is 0.429. The highest BCUT2D eigenvalue weighted by Crippen LogP contribution is 2.15. The van der Waals surface area contributed by atoms with E-state index in [9.17, 15) is 0 Å². The summed E-state index contributed by atoms with van der Waals surface area (Å²) in [4.78, 5) is 8.61. The molecule has 0 aliphatic carbocycles. The topological polar surface area (TPSA) is 47.0 Å². The van der Waals surface area contributed by atoms with Gasteiger partial charge in [-0.3, -0.25) is 0 Å². The smallest absolute Gasteiger partial charge is 0.316 e. The second kappa shape index (κ2) is 5.31. The Bertz CT molecular complexity index is 523. The molecule has 0 radical (unpaired) electrons. The molecule has 0 spiro atoms. The zero-order valence-electron chi connectivity index (χ0n) is 10.3. The molecule has 18 heavy (non-hydrogen) atoms. The molecular formula is C14H17N3O. The molecule has 0 bridgehead atoms. The van der Waals surface area contributed by atoms with Gasteiger partial charge in [0.05, 0.1) is 12.1 Å². The molecule has 2 aromatic rings. The Hall–Kier alpha value is -1.68. The van der Waals surface area contributed by atoms with Gasteiger partial charge in [0.1, 0.15) is 0 Å². The average Bonchev–Trinajstić information content (AvgIpc) is 2.92. The number of hydrogen-bond acceptors (Lipinski definition) is 4. The van der Waals surface area contributed by atoms with Gasteiger partial charge >= 0.3 is 6.01 Å². The van der Waals surface area contributed by atoms with Crippen molar-refractivity contribution in [3.8, 4) is 6.01 Å². The van der Waals surface area contributed by atoms with E-state index in [1.807, 2.05) is 30.5 Å². The minimum atomic E-state index is 0.486. The second-order valence-electron chi connectivity index (χ2n) is 4.71. The minimum Gasteiger partial charge on any atom is -0.463 e. The van der Waals surface area contributed by atoms with Gasteiger partial charge in [-0.2, -0.15) is 4.98 Å². The van der Waals surface area contributed by atoms with Gasteiger partial charge in [0.15, 0.2) is 0 Å². The van der Waals surface area contributed by atoms with Gasteiger partial charge in [-0.1, -0.05) is 18.2 Å². The number of fused-ring (bicyclic) bond motifs is 1. The Labute approximate surface area is 106 Å². The Morgan fingerprint density at radius 2 is 2.28 bits per heavy atom. The van der Waals surface area contributed by atoms with Gasteiger partial charge in [-0.25, -0.2) is 4.98 Å². The predicted octanol–water partition coefficient (Wildman–Crippen LogP) is 2.01. The third-order valence-corrected chi connectivity index (χ3v) is 3.39. The molecule has 1 unspecified atom stereocenters. The lowest BCUT2D eigenvalue weighted by Crippen LogP contribution is -2.12. The molecule has 4 nitrogen and oxygen atoms in total. The first-order valence-corrected chi connectivity index (χ1v) is 6.47. The van der Waals surface area contributed by atoms with Crippen molar-refractivity contribution in [3.63, 3.8) is 0 Å². The van der Waals surface area contributed by atoms with Crippen molar-refractivity contribution < 1.29 is 4.74 Å². The molecule has 1 atom stereocenters. The fourth-order valence-corrected chi connectivity index (χ4v) is 2.30. The lowest BCUT2D eigenvalue weighted by molar-refractivity contribution is 0.264. The third-order valence-electron chi connectivity index (χ3n) is 3.39. The standard InChI is InChI=1S/C14H17N3O/c1-2-4-13-12(3-1)10-16-14(17-13)18-8-6-11-5-7-15-9-11/h1-4,10-11,15H,5-9H2. The van der Waals surface area contributed by atoms with Crippen LogP contribution in [0.5, 0.6) is 6.01 Å². The number of ether oxygens (including phenoxy) is 1. The number of rotatable bonds is 4. The first-order chi connectivity index (χ1) is 8.92. The molecule has 1 aromatic carbocycles. The highest BCUT2D eigenvalue weighted by molar-refractivity contribution is 5.77. The highest BCUT2D eigenvalue weighted by atomic mass is 16.5. The molecule has 0 amide bonds. The van der Waals surface area contributed by atoms with Crippen molar-refractivity contribution in [1.82, 2.24) is 15.3 Å². The van der Waals surface area contributed by atoms with Crippen LogP contribution in [0.2, 0.25) is 0 Å². The minimum absolute atomic E-state index is 0.486. The van der Waals surface area contributed by atoms with Crippen LogP contribution in [0.25, 0.3) is 10.9 Å². The Balaban J connectivity index is 1.60. The SMILES string of the molecule is c1ccc2nc(OCCC3CCNC3)ncc2c1. The molecule has 1 aromatic heterocycles. The summed E-state index contributed by atoms with van der Waals surface area (Å²) in [6.45, 7) is 2.95. The average molecular weight is 243 g/mol. The summed E-state index contributed by atoms with van der Waals surface area (Å²) in [6.07, 6.45) is 4.14. The zero-order valence-corrected chi connectivity index (χ0v) is 10.3. The molecule has 3 rings (SSSR count). The number of benzene rings is 1. The van der Waals surface area contributed by atoms with Crippen LogP contribution in [0.15, 0.2) is 30.5 Å². The van der Waals surface area contributed by atoms with Crippen LogP contribution in [-0.2, 0) is 0 Å². The van der Waals surface area contributed by atoms with E-state index in [0.29, 0.717) is 12.6 Å². The molecule has 4 heteroatoms. The number of nitrogens with one attached hydrogen (secondary N) is 1. The van der Waals surface area contributed by atoms with Crippen molar-refractivity contribution in [2.45, 2.75) is 12.8 Å². The lowest BCUT2D eigenvalue weighted by atomic mass is 10.1. The van der Waals surface area contributed by atoms with E-state index in [1.165, 1.54) is 6.42 Å². The van der Waals surface area contributed by atoms with Gasteiger partial charge in [-0.15, -0.1) is 0 Å². The summed E-state index contributed by atoms with van der Waals surface area (Å²) in [5.74, 6) is 0.741. The largest absolute Gasteiger partial charge is 0.463 e. The highest BCUT2D eigenvalue weighted by Gasteiger charge is 2.14. The monoisotopic (exact) mass is 243 g/mol. The van der Waals surface area contributed by atoms with Crippen LogP contribution in [0.4, 0.5) is 0 Å². The molecule has 1 fully saturated rings. The number of aromatic nitrogens is 2. The molecule has 94 valence electrons. The summed E-state index contributed by atoms with van der Waals surface area (Å²) >= 11 is 0. The molecule has 1 aliphatic heterocycles. The molecule has 1 N–H and O–H groups in total. The summed E-state index contributed by atoms with van der Waals surface area (Å²) in [6, 6.07) is 8.43. The molecule has 2 heterocycles. The number of hydrogen-bond donors (Lipinski definition) is 1. The maximum atomic E-state index is 5.63. The van der Waals surface area contributed by atoms with Crippen molar-refractivity contribution in [1.29, 1.82) is 0 Å². The van der Waals surface area contributed by atoms with E-state index in [2.05, 4.69) is 15.3 Å². The van der Waals surface area contributed by atoms with Crippen LogP contribution in [0.1, 0.15) is 12.8 Å². The summed E-state index contributed by atoms with van der Waals surface area (Å²) in [7, 11) is 0. The normalized spacial score (nSPS) is 19.2. The van der Waals surface area contributed by atoms with Gasteiger partial charge in [0, 0.05) is 11.6 Å². The van der Waals surface area contributed by atoms with Crippen molar-refractivity contribution in [2.24, 2.45) is 5.92 Å². The molecule has 1 aliphatic rings. The van der Waals surface area contributed by atoms with Crippen LogP contribution in [0.3, 0.4) is 0 Å². The maximum absolute atomic E-state index is 5.63. The summed E-state index contributed by atoms with van der Waals surface area (Å²) < 4.78 is 5.63. The van der Waals surface area contributed by atoms with Crippen molar-refractivity contribution in [3.05, 3.63) is 30.5 Å². The van der Waals surface area contributed by atoms with E-state index in [-0.39, 0.29) is 0 Å². The Morgan fingerprint density at radius 1 is 1.33 bits per heavy atom.